The van der Waals surface area contributed by atoms with Gasteiger partial charge in [-0.05, 0) is 40.2 Å². The van der Waals surface area contributed by atoms with Gasteiger partial charge in [-0.25, -0.2) is 4.98 Å². The number of aromatic hydroxyl groups is 1. The normalized spacial score (nSPS) is 10.8. The van der Waals surface area contributed by atoms with Gasteiger partial charge in [0, 0.05) is 11.8 Å². The van der Waals surface area contributed by atoms with Crippen molar-refractivity contribution in [3.8, 4) is 28.7 Å². The molecule has 3 rings (SSSR count). The van der Waals surface area contributed by atoms with E-state index in [1.165, 1.54) is 12.3 Å². The molecule has 0 unspecified atom stereocenters. The summed E-state index contributed by atoms with van der Waals surface area (Å²) in [6.07, 6.45) is 1.45. The fourth-order valence-corrected chi connectivity index (χ4v) is 2.37. The van der Waals surface area contributed by atoms with Crippen LogP contribution in [0.1, 0.15) is 0 Å². The number of pyridine rings is 1. The van der Waals surface area contributed by atoms with Gasteiger partial charge in [0.25, 0.3) is 5.89 Å². The Labute approximate surface area is 137 Å². The van der Waals surface area contributed by atoms with E-state index in [1.54, 1.807) is 18.2 Å². The van der Waals surface area contributed by atoms with Crippen LogP contribution in [0.3, 0.4) is 0 Å². The van der Waals surface area contributed by atoms with Crippen LogP contribution in [0, 0.1) is 0 Å². The summed E-state index contributed by atoms with van der Waals surface area (Å²) in [5, 5.41) is 14.3. The van der Waals surface area contributed by atoms with Crippen molar-refractivity contribution in [1.82, 2.24) is 15.1 Å². The molecule has 106 valence electrons. The molecule has 2 aromatic heterocycles. The number of hydrogen-bond acceptors (Lipinski definition) is 5. The number of rotatable bonds is 2. The summed E-state index contributed by atoms with van der Waals surface area (Å²) >= 11 is 15.0. The molecule has 3 aromatic rings. The van der Waals surface area contributed by atoms with E-state index in [1.807, 2.05) is 0 Å². The largest absolute Gasteiger partial charge is 0.507 e. The van der Waals surface area contributed by atoms with Gasteiger partial charge in [-0.2, -0.15) is 4.98 Å². The van der Waals surface area contributed by atoms with Gasteiger partial charge in [0.05, 0.1) is 14.5 Å². The minimum absolute atomic E-state index is 0.0786. The first kappa shape index (κ1) is 14.3. The van der Waals surface area contributed by atoms with Crippen molar-refractivity contribution < 1.29 is 9.63 Å². The molecule has 8 heteroatoms. The van der Waals surface area contributed by atoms with Crippen LogP contribution in [-0.2, 0) is 0 Å². The van der Waals surface area contributed by atoms with Gasteiger partial charge in [-0.3, -0.25) is 0 Å². The standard InChI is InChI=1S/C13H6BrCl2N3O2/c14-8-2-1-6(3-10(8)20)13-18-12(19-21-13)11-9(16)4-7(15)5-17-11/h1-5,20H. The molecule has 1 N–H and O–H groups in total. The molecule has 2 heterocycles. The molecule has 0 aliphatic rings. The summed E-state index contributed by atoms with van der Waals surface area (Å²) in [7, 11) is 0. The maximum Gasteiger partial charge on any atom is 0.258 e. The Kier molecular flexibility index (Phi) is 3.84. The molecule has 0 aliphatic heterocycles. The van der Waals surface area contributed by atoms with Crippen LogP contribution >= 0.6 is 39.1 Å². The number of phenolic OH excluding ortho intramolecular Hbond substituents is 1. The second kappa shape index (κ2) is 5.63. The Morgan fingerprint density at radius 2 is 2.00 bits per heavy atom. The van der Waals surface area contributed by atoms with E-state index in [4.69, 9.17) is 27.7 Å². The average Bonchev–Trinajstić information content (AvgIpc) is 2.91. The van der Waals surface area contributed by atoms with E-state index < -0.39 is 0 Å². The third-order valence-corrected chi connectivity index (χ3v) is 3.80. The second-order valence-electron chi connectivity index (χ2n) is 4.07. The minimum Gasteiger partial charge on any atom is -0.507 e. The lowest BCUT2D eigenvalue weighted by atomic mass is 10.2. The molecule has 21 heavy (non-hydrogen) atoms. The third kappa shape index (κ3) is 2.88. The molecule has 5 nitrogen and oxygen atoms in total. The SMILES string of the molecule is Oc1cc(-c2nc(-c3ncc(Cl)cc3Cl)no2)ccc1Br. The van der Waals surface area contributed by atoms with Gasteiger partial charge in [-0.15, -0.1) is 0 Å². The van der Waals surface area contributed by atoms with Gasteiger partial charge in [0.15, 0.2) is 0 Å². The van der Waals surface area contributed by atoms with Crippen molar-refractivity contribution in [2.24, 2.45) is 0 Å². The van der Waals surface area contributed by atoms with Gasteiger partial charge >= 0.3 is 0 Å². The number of halogens is 3. The molecule has 1 aromatic carbocycles. The van der Waals surface area contributed by atoms with Crippen LogP contribution in [0.5, 0.6) is 5.75 Å². The molecular weight excluding hydrogens is 381 g/mol. The fourth-order valence-electron chi connectivity index (χ4n) is 1.66. The number of benzene rings is 1. The summed E-state index contributed by atoms with van der Waals surface area (Å²) in [4.78, 5) is 8.30. The van der Waals surface area contributed by atoms with Crippen LogP contribution < -0.4 is 0 Å². The highest BCUT2D eigenvalue weighted by molar-refractivity contribution is 9.10. The Balaban J connectivity index is 2.01. The highest BCUT2D eigenvalue weighted by Gasteiger charge is 2.15. The monoisotopic (exact) mass is 385 g/mol. The molecule has 0 bridgehead atoms. The zero-order valence-electron chi connectivity index (χ0n) is 10.2. The molecule has 0 amide bonds. The van der Waals surface area contributed by atoms with Crippen LogP contribution in [-0.4, -0.2) is 20.2 Å². The van der Waals surface area contributed by atoms with Crippen molar-refractivity contribution >= 4 is 39.1 Å². The van der Waals surface area contributed by atoms with Gasteiger partial charge in [0.1, 0.15) is 11.4 Å². The summed E-state index contributed by atoms with van der Waals surface area (Å²) in [6, 6.07) is 6.48. The van der Waals surface area contributed by atoms with Gasteiger partial charge in [0.2, 0.25) is 5.82 Å². The Hall–Kier alpha value is -1.63. The summed E-state index contributed by atoms with van der Waals surface area (Å²) in [6.45, 7) is 0. The second-order valence-corrected chi connectivity index (χ2v) is 5.77. The molecule has 0 radical (unpaired) electrons. The van der Waals surface area contributed by atoms with E-state index in [0.717, 1.165) is 0 Å². The molecule has 0 atom stereocenters. The lowest BCUT2D eigenvalue weighted by Gasteiger charge is -1.98. The van der Waals surface area contributed by atoms with E-state index in [9.17, 15) is 5.11 Å². The number of hydrogen-bond donors (Lipinski definition) is 1. The average molecular weight is 387 g/mol. The molecular formula is C13H6BrCl2N3O2. The quantitative estimate of drug-likeness (QED) is 0.698. The smallest absolute Gasteiger partial charge is 0.258 e. The van der Waals surface area contributed by atoms with Crippen LogP contribution in [0.15, 0.2) is 39.5 Å². The molecule has 0 saturated carbocycles. The maximum absolute atomic E-state index is 9.68. The van der Waals surface area contributed by atoms with Crippen molar-refractivity contribution in [2.75, 3.05) is 0 Å². The van der Waals surface area contributed by atoms with Crippen molar-refractivity contribution in [3.05, 3.63) is 45.0 Å². The van der Waals surface area contributed by atoms with Crippen LogP contribution in [0.25, 0.3) is 23.0 Å². The third-order valence-electron chi connectivity index (χ3n) is 2.64. The zero-order valence-corrected chi connectivity index (χ0v) is 13.3. The predicted molar refractivity (Wildman–Crippen MR) is 82.3 cm³/mol. The first-order chi connectivity index (χ1) is 10.0. The maximum atomic E-state index is 9.68. The van der Waals surface area contributed by atoms with E-state index in [2.05, 4.69) is 31.1 Å². The van der Waals surface area contributed by atoms with Gasteiger partial charge in [-0.1, -0.05) is 28.4 Å². The van der Waals surface area contributed by atoms with E-state index >= 15 is 0 Å². The Morgan fingerprint density at radius 1 is 1.19 bits per heavy atom. The topological polar surface area (TPSA) is 72.0 Å². The lowest BCUT2D eigenvalue weighted by molar-refractivity contribution is 0.431. The highest BCUT2D eigenvalue weighted by atomic mass is 79.9. The summed E-state index contributed by atoms with van der Waals surface area (Å²) in [5.41, 5.74) is 0.955. The first-order valence-corrected chi connectivity index (χ1v) is 7.23. The van der Waals surface area contributed by atoms with Crippen LogP contribution in [0.4, 0.5) is 0 Å². The molecule has 0 saturated heterocycles. The molecule has 0 fully saturated rings. The highest BCUT2D eigenvalue weighted by Crippen LogP contribution is 2.31. The number of phenols is 1. The number of nitrogens with zero attached hydrogens (tertiary/aromatic N) is 3. The summed E-state index contributed by atoms with van der Waals surface area (Å²) in [5.74, 6) is 0.574. The van der Waals surface area contributed by atoms with E-state index in [0.29, 0.717) is 25.8 Å². The number of aromatic nitrogens is 3. The summed E-state index contributed by atoms with van der Waals surface area (Å²) < 4.78 is 5.74. The molecule has 0 spiro atoms. The van der Waals surface area contributed by atoms with Gasteiger partial charge < -0.3 is 9.63 Å². The Morgan fingerprint density at radius 3 is 2.71 bits per heavy atom. The van der Waals surface area contributed by atoms with Crippen molar-refractivity contribution in [1.29, 1.82) is 0 Å². The predicted octanol–water partition coefficient (Wildman–Crippen LogP) is 4.57. The van der Waals surface area contributed by atoms with Crippen molar-refractivity contribution in [3.63, 3.8) is 0 Å². The Bertz CT molecular complexity index is 823. The van der Waals surface area contributed by atoms with Crippen LogP contribution in [0.2, 0.25) is 10.0 Å². The van der Waals surface area contributed by atoms with E-state index in [-0.39, 0.29) is 17.5 Å². The lowest BCUT2D eigenvalue weighted by Crippen LogP contribution is -1.87. The fraction of sp³-hybridized carbons (Fsp3) is 0. The molecule has 0 aliphatic carbocycles. The first-order valence-electron chi connectivity index (χ1n) is 5.68. The van der Waals surface area contributed by atoms with Crippen molar-refractivity contribution in [2.45, 2.75) is 0 Å². The zero-order chi connectivity index (χ0) is 15.0. The minimum atomic E-state index is 0.0786.